The van der Waals surface area contributed by atoms with Crippen LogP contribution in [-0.2, 0) is 9.59 Å². The minimum absolute atomic E-state index is 0.0165. The van der Waals surface area contributed by atoms with Crippen LogP contribution in [0.15, 0.2) is 0 Å². The van der Waals surface area contributed by atoms with E-state index in [9.17, 15) is 22.8 Å². The Morgan fingerprint density at radius 2 is 1.58 bits per heavy atom. The molecule has 19 heavy (non-hydrogen) atoms. The number of carbonyl (C=O) groups is 2. The van der Waals surface area contributed by atoms with Crippen molar-refractivity contribution in [2.75, 3.05) is 19.6 Å². The fourth-order valence-electron chi connectivity index (χ4n) is 2.75. The van der Waals surface area contributed by atoms with Crippen LogP contribution in [0.1, 0.15) is 32.1 Å². The number of piperidine rings is 1. The zero-order chi connectivity index (χ0) is 14.0. The minimum Gasteiger partial charge on any atom is -0.341 e. The number of hydrogen-bond acceptors (Lipinski definition) is 2. The smallest absolute Gasteiger partial charge is 0.341 e. The predicted molar refractivity (Wildman–Crippen MR) is 61.2 cm³/mol. The maximum Gasteiger partial charge on any atom is 0.471 e. The second kappa shape index (κ2) is 5.38. The highest BCUT2D eigenvalue weighted by Gasteiger charge is 2.48. The summed E-state index contributed by atoms with van der Waals surface area (Å²) >= 11 is 0. The lowest BCUT2D eigenvalue weighted by atomic mass is 10.1. The van der Waals surface area contributed by atoms with E-state index in [0.29, 0.717) is 30.8 Å². The Morgan fingerprint density at radius 1 is 0.947 bits per heavy atom. The number of rotatable bonds is 1. The van der Waals surface area contributed by atoms with Crippen molar-refractivity contribution in [3.8, 4) is 0 Å². The normalized spacial score (nSPS) is 24.7. The van der Waals surface area contributed by atoms with Gasteiger partial charge in [0, 0.05) is 19.6 Å². The number of hydrogen-bond donors (Lipinski definition) is 0. The quantitative estimate of drug-likeness (QED) is 0.730. The number of likely N-dealkylation sites (tertiary alicyclic amines) is 2. The molecule has 0 saturated carbocycles. The van der Waals surface area contributed by atoms with Gasteiger partial charge < -0.3 is 9.80 Å². The lowest BCUT2D eigenvalue weighted by Gasteiger charge is -2.32. The molecule has 0 aromatic heterocycles. The monoisotopic (exact) mass is 278 g/mol. The second-order valence-corrected chi connectivity index (χ2v) is 5.04. The van der Waals surface area contributed by atoms with Gasteiger partial charge in [-0.15, -0.1) is 0 Å². The molecule has 0 radical (unpaired) electrons. The number of amides is 2. The standard InChI is InChI=1S/C12H17F3N2O2/c13-12(14,15)11(19)17-8-4-5-9(17)10(18)16-6-2-1-3-7-16/h9H,1-8H2. The molecule has 1 atom stereocenters. The first kappa shape index (κ1) is 14.1. The molecular formula is C12H17F3N2O2. The molecule has 2 amide bonds. The molecule has 0 aromatic carbocycles. The molecule has 0 spiro atoms. The van der Waals surface area contributed by atoms with E-state index >= 15 is 0 Å². The highest BCUT2D eigenvalue weighted by molar-refractivity contribution is 5.90. The van der Waals surface area contributed by atoms with Crippen molar-refractivity contribution in [2.24, 2.45) is 0 Å². The van der Waals surface area contributed by atoms with E-state index in [1.165, 1.54) is 0 Å². The van der Waals surface area contributed by atoms with Crippen LogP contribution in [0.5, 0.6) is 0 Å². The fraction of sp³-hybridized carbons (Fsp3) is 0.833. The van der Waals surface area contributed by atoms with E-state index in [1.54, 1.807) is 4.90 Å². The van der Waals surface area contributed by atoms with E-state index in [2.05, 4.69) is 0 Å². The second-order valence-electron chi connectivity index (χ2n) is 5.04. The van der Waals surface area contributed by atoms with Crippen LogP contribution < -0.4 is 0 Å². The minimum atomic E-state index is -4.90. The molecule has 0 aromatic rings. The van der Waals surface area contributed by atoms with Gasteiger partial charge in [0.25, 0.3) is 0 Å². The van der Waals surface area contributed by atoms with E-state index < -0.39 is 18.1 Å². The van der Waals surface area contributed by atoms with Crippen molar-refractivity contribution in [3.05, 3.63) is 0 Å². The van der Waals surface area contributed by atoms with Crippen molar-refractivity contribution < 1.29 is 22.8 Å². The summed E-state index contributed by atoms with van der Waals surface area (Å²) in [5, 5.41) is 0. The summed E-state index contributed by atoms with van der Waals surface area (Å²) in [5.41, 5.74) is 0. The van der Waals surface area contributed by atoms with Gasteiger partial charge in [0.2, 0.25) is 5.91 Å². The molecule has 1 unspecified atom stereocenters. The van der Waals surface area contributed by atoms with Crippen molar-refractivity contribution in [1.29, 1.82) is 0 Å². The predicted octanol–water partition coefficient (Wildman–Crippen LogP) is 1.55. The molecule has 2 rings (SSSR count). The molecule has 2 saturated heterocycles. The van der Waals surface area contributed by atoms with Crippen molar-refractivity contribution in [3.63, 3.8) is 0 Å². The first-order chi connectivity index (χ1) is 8.91. The summed E-state index contributed by atoms with van der Waals surface area (Å²) in [6.07, 6.45) is -1.31. The Morgan fingerprint density at radius 3 is 2.16 bits per heavy atom. The summed E-state index contributed by atoms with van der Waals surface area (Å²) in [6, 6.07) is -0.924. The van der Waals surface area contributed by atoms with E-state index in [1.807, 2.05) is 0 Å². The van der Waals surface area contributed by atoms with Crippen molar-refractivity contribution in [2.45, 2.75) is 44.3 Å². The Kier molecular flexibility index (Phi) is 4.01. The number of alkyl halides is 3. The number of carbonyl (C=O) groups excluding carboxylic acids is 2. The van der Waals surface area contributed by atoms with Crippen LogP contribution in [-0.4, -0.2) is 53.5 Å². The third-order valence-electron chi connectivity index (χ3n) is 3.71. The molecular weight excluding hydrogens is 261 g/mol. The van der Waals surface area contributed by atoms with Gasteiger partial charge in [-0.05, 0) is 32.1 Å². The van der Waals surface area contributed by atoms with E-state index in [-0.39, 0.29) is 12.5 Å². The van der Waals surface area contributed by atoms with Crippen LogP contribution in [0, 0.1) is 0 Å². The molecule has 0 bridgehead atoms. The molecule has 2 heterocycles. The molecule has 2 fully saturated rings. The summed E-state index contributed by atoms with van der Waals surface area (Å²) in [5.74, 6) is -2.21. The fourth-order valence-corrected chi connectivity index (χ4v) is 2.75. The van der Waals surface area contributed by atoms with Gasteiger partial charge in [-0.25, -0.2) is 0 Å². The highest BCUT2D eigenvalue weighted by atomic mass is 19.4. The maximum absolute atomic E-state index is 12.5. The molecule has 2 aliphatic heterocycles. The van der Waals surface area contributed by atoms with Gasteiger partial charge in [0.05, 0.1) is 0 Å². The summed E-state index contributed by atoms with van der Waals surface area (Å²) in [4.78, 5) is 25.8. The molecule has 0 N–H and O–H groups in total. The number of halogens is 3. The van der Waals surface area contributed by atoms with Gasteiger partial charge in [-0.1, -0.05) is 0 Å². The Hall–Kier alpha value is -1.27. The Balaban J connectivity index is 2.05. The van der Waals surface area contributed by atoms with E-state index in [0.717, 1.165) is 19.3 Å². The zero-order valence-corrected chi connectivity index (χ0v) is 10.6. The first-order valence-electron chi connectivity index (χ1n) is 6.58. The average molecular weight is 278 g/mol. The van der Waals surface area contributed by atoms with Crippen LogP contribution in [0.3, 0.4) is 0 Å². The molecule has 7 heteroatoms. The summed E-state index contributed by atoms with van der Waals surface area (Å²) in [7, 11) is 0. The Bertz CT molecular complexity index is 364. The molecule has 0 aliphatic carbocycles. The zero-order valence-electron chi connectivity index (χ0n) is 10.6. The van der Waals surface area contributed by atoms with Crippen molar-refractivity contribution in [1.82, 2.24) is 9.80 Å². The van der Waals surface area contributed by atoms with Crippen LogP contribution in [0.2, 0.25) is 0 Å². The molecule has 4 nitrogen and oxygen atoms in total. The van der Waals surface area contributed by atoms with Crippen LogP contribution >= 0.6 is 0 Å². The van der Waals surface area contributed by atoms with Crippen molar-refractivity contribution >= 4 is 11.8 Å². The van der Waals surface area contributed by atoms with Gasteiger partial charge >= 0.3 is 12.1 Å². The van der Waals surface area contributed by atoms with Crippen LogP contribution in [0.25, 0.3) is 0 Å². The SMILES string of the molecule is O=C(C1CCCN1C(=O)C(F)(F)F)N1CCCCC1. The highest BCUT2D eigenvalue weighted by Crippen LogP contribution is 2.27. The third kappa shape index (κ3) is 3.01. The third-order valence-corrected chi connectivity index (χ3v) is 3.71. The van der Waals surface area contributed by atoms with Gasteiger partial charge in [0.15, 0.2) is 0 Å². The lowest BCUT2D eigenvalue weighted by molar-refractivity contribution is -0.187. The largest absolute Gasteiger partial charge is 0.471 e. The van der Waals surface area contributed by atoms with Crippen LogP contribution in [0.4, 0.5) is 13.2 Å². The van der Waals surface area contributed by atoms with Gasteiger partial charge in [0.1, 0.15) is 6.04 Å². The first-order valence-corrected chi connectivity index (χ1v) is 6.58. The Labute approximate surface area is 109 Å². The molecule has 108 valence electrons. The molecule has 2 aliphatic rings. The topological polar surface area (TPSA) is 40.6 Å². The van der Waals surface area contributed by atoms with E-state index in [4.69, 9.17) is 0 Å². The maximum atomic E-state index is 12.5. The average Bonchev–Trinajstić information content (AvgIpc) is 2.85. The number of nitrogens with zero attached hydrogens (tertiary/aromatic N) is 2. The summed E-state index contributed by atoms with van der Waals surface area (Å²) < 4.78 is 37.4. The lowest BCUT2D eigenvalue weighted by Crippen LogP contribution is -2.52. The van der Waals surface area contributed by atoms with Gasteiger partial charge in [-0.3, -0.25) is 9.59 Å². The van der Waals surface area contributed by atoms with Gasteiger partial charge in [-0.2, -0.15) is 13.2 Å². The summed E-state index contributed by atoms with van der Waals surface area (Å²) in [6.45, 7) is 1.19.